The monoisotopic (exact) mass is 291 g/mol. The van der Waals surface area contributed by atoms with Gasteiger partial charge in [0.2, 0.25) is 5.88 Å². The van der Waals surface area contributed by atoms with E-state index in [1.54, 1.807) is 22.9 Å². The van der Waals surface area contributed by atoms with Crippen molar-refractivity contribution in [1.29, 1.82) is 0 Å². The van der Waals surface area contributed by atoms with Crippen molar-refractivity contribution in [3.8, 4) is 5.88 Å². The Morgan fingerprint density at radius 2 is 2.00 bits per heavy atom. The average molecular weight is 291 g/mol. The van der Waals surface area contributed by atoms with E-state index in [0.717, 1.165) is 10.6 Å². The molecule has 1 aliphatic heterocycles. The molecule has 0 unspecified atom stereocenters. The number of hydrogen-bond donors (Lipinski definition) is 1. The number of rotatable bonds is 2. The summed E-state index contributed by atoms with van der Waals surface area (Å²) >= 11 is 0. The molecular weight excluding hydrogens is 278 g/mol. The maximum Gasteiger partial charge on any atom is 0.279 e. The number of nitrogens with zero attached hydrogens (tertiary/aromatic N) is 3. The summed E-state index contributed by atoms with van der Waals surface area (Å²) < 4.78 is 1.70. The van der Waals surface area contributed by atoms with Gasteiger partial charge in [-0.2, -0.15) is 0 Å². The van der Waals surface area contributed by atoms with Crippen LogP contribution in [0.3, 0.4) is 0 Å². The topological polar surface area (TPSA) is 67.5 Å². The van der Waals surface area contributed by atoms with Crippen LogP contribution >= 0.6 is 0 Å². The van der Waals surface area contributed by atoms with Gasteiger partial charge in [-0.05, 0) is 25.1 Å². The minimum Gasteiger partial charge on any atom is -0.494 e. The van der Waals surface area contributed by atoms with E-state index in [-0.39, 0.29) is 11.8 Å². The third-order valence-corrected chi connectivity index (χ3v) is 3.97. The van der Waals surface area contributed by atoms with Crippen LogP contribution in [0.1, 0.15) is 12.5 Å². The van der Waals surface area contributed by atoms with Gasteiger partial charge in [-0.15, -0.1) is 0 Å². The lowest BCUT2D eigenvalue weighted by molar-refractivity contribution is -0.112. The number of carbonyl (C=O) groups is 1. The predicted octanol–water partition coefficient (Wildman–Crippen LogP) is 1.12. The van der Waals surface area contributed by atoms with Crippen molar-refractivity contribution in [2.45, 2.75) is 13.5 Å². The maximum atomic E-state index is 12.4. The van der Waals surface area contributed by atoms with Crippen molar-refractivity contribution >= 4 is 22.5 Å². The van der Waals surface area contributed by atoms with Crippen LogP contribution in [-0.2, 0) is 11.3 Å². The van der Waals surface area contributed by atoms with E-state index in [0.29, 0.717) is 28.7 Å². The van der Waals surface area contributed by atoms with E-state index >= 15 is 0 Å². The van der Waals surface area contributed by atoms with Crippen molar-refractivity contribution in [1.82, 2.24) is 9.55 Å². The van der Waals surface area contributed by atoms with Gasteiger partial charge in [0, 0.05) is 23.3 Å². The molecule has 5 heteroatoms. The minimum absolute atomic E-state index is 0.0615. The molecule has 108 valence electrons. The number of amides is 1. The number of aryl methyl sites for hydroxylation is 1. The molecule has 2 aromatic heterocycles. The first-order valence-corrected chi connectivity index (χ1v) is 7.11. The summed E-state index contributed by atoms with van der Waals surface area (Å²) in [5, 5.41) is 12.8. The zero-order valence-corrected chi connectivity index (χ0v) is 11.9. The molecule has 0 saturated carbocycles. The van der Waals surface area contributed by atoms with Crippen LogP contribution in [0, 0.1) is 0 Å². The Labute approximate surface area is 125 Å². The molecule has 0 saturated heterocycles. The Bertz CT molecular complexity index is 1050. The first-order valence-electron chi connectivity index (χ1n) is 7.11. The molecule has 3 aromatic rings. The lowest BCUT2D eigenvalue weighted by Crippen LogP contribution is -2.22. The van der Waals surface area contributed by atoms with E-state index in [9.17, 15) is 9.90 Å². The van der Waals surface area contributed by atoms with Crippen LogP contribution in [0.15, 0.2) is 47.6 Å². The number of carbonyl (C=O) groups excluding carboxylic acids is 1. The van der Waals surface area contributed by atoms with Crippen molar-refractivity contribution in [2.24, 2.45) is 4.99 Å². The fraction of sp³-hybridized carbons (Fsp3) is 0.118. The van der Waals surface area contributed by atoms with Crippen molar-refractivity contribution in [3.05, 3.63) is 58.7 Å². The Balaban J connectivity index is 2.20. The second-order valence-corrected chi connectivity index (χ2v) is 5.13. The number of hydrogen-bond acceptors (Lipinski definition) is 3. The fourth-order valence-corrected chi connectivity index (χ4v) is 3.01. The smallest absolute Gasteiger partial charge is 0.279 e. The summed E-state index contributed by atoms with van der Waals surface area (Å²) in [6, 6.07) is 11.0. The van der Waals surface area contributed by atoms with Gasteiger partial charge < -0.3 is 5.11 Å². The minimum atomic E-state index is -0.324. The summed E-state index contributed by atoms with van der Waals surface area (Å²) in [4.78, 5) is 20.8. The number of benzene rings is 1. The Hall–Kier alpha value is -2.95. The summed E-state index contributed by atoms with van der Waals surface area (Å²) in [7, 11) is 0. The van der Waals surface area contributed by atoms with E-state index in [1.165, 1.54) is 0 Å². The second-order valence-electron chi connectivity index (χ2n) is 5.13. The fourth-order valence-electron chi connectivity index (χ4n) is 3.01. The molecule has 1 aliphatic rings. The van der Waals surface area contributed by atoms with Crippen LogP contribution in [0.5, 0.6) is 5.88 Å². The second kappa shape index (κ2) is 4.53. The van der Waals surface area contributed by atoms with Gasteiger partial charge in [-0.3, -0.25) is 9.36 Å². The Morgan fingerprint density at radius 3 is 2.82 bits per heavy atom. The molecule has 1 N–H and O–H groups in total. The van der Waals surface area contributed by atoms with Crippen LogP contribution in [0.25, 0.3) is 16.6 Å². The highest BCUT2D eigenvalue weighted by atomic mass is 16.3. The first-order chi connectivity index (χ1) is 10.7. The SMILES string of the molecule is CCn1c(O)c(C2=c3ccccc3=NC2=O)c2cccnc21. The van der Waals surface area contributed by atoms with Crippen LogP contribution in [0.4, 0.5) is 0 Å². The zero-order chi connectivity index (χ0) is 15.3. The van der Waals surface area contributed by atoms with Crippen LogP contribution in [0.2, 0.25) is 0 Å². The number of para-hydroxylation sites is 1. The molecule has 0 aliphatic carbocycles. The highest BCUT2D eigenvalue weighted by Crippen LogP contribution is 2.35. The molecule has 4 rings (SSSR count). The summed E-state index contributed by atoms with van der Waals surface area (Å²) in [5.74, 6) is -0.262. The normalized spacial score (nSPS) is 13.5. The number of fused-ring (bicyclic) bond motifs is 2. The first kappa shape index (κ1) is 12.8. The van der Waals surface area contributed by atoms with Crippen molar-refractivity contribution in [2.75, 3.05) is 0 Å². The predicted molar refractivity (Wildman–Crippen MR) is 81.8 cm³/mol. The highest BCUT2D eigenvalue weighted by molar-refractivity contribution is 6.24. The highest BCUT2D eigenvalue weighted by Gasteiger charge is 2.26. The van der Waals surface area contributed by atoms with Gasteiger partial charge in [-0.1, -0.05) is 18.2 Å². The molecule has 0 fully saturated rings. The molecule has 0 bridgehead atoms. The molecular formula is C17H13N3O2. The largest absolute Gasteiger partial charge is 0.494 e. The van der Waals surface area contributed by atoms with Gasteiger partial charge in [0.25, 0.3) is 5.91 Å². The summed E-state index contributed by atoms with van der Waals surface area (Å²) in [6.07, 6.45) is 1.68. The molecule has 22 heavy (non-hydrogen) atoms. The lowest BCUT2D eigenvalue weighted by atomic mass is 10.0. The van der Waals surface area contributed by atoms with Gasteiger partial charge in [-0.25, -0.2) is 9.98 Å². The van der Waals surface area contributed by atoms with Gasteiger partial charge >= 0.3 is 0 Å². The Kier molecular flexibility index (Phi) is 2.63. The third-order valence-electron chi connectivity index (χ3n) is 3.97. The molecule has 5 nitrogen and oxygen atoms in total. The standard InChI is InChI=1S/C17H13N3O2/c1-2-20-15-11(7-5-9-18-15)14(17(20)22)13-10-6-3-4-8-12(10)19-16(13)21/h3-9,22H,2H2,1H3. The summed E-state index contributed by atoms with van der Waals surface area (Å²) in [5.41, 5.74) is 1.63. The van der Waals surface area contributed by atoms with Gasteiger partial charge in [0.05, 0.1) is 16.5 Å². The average Bonchev–Trinajstić information content (AvgIpc) is 3.00. The van der Waals surface area contributed by atoms with E-state index in [2.05, 4.69) is 9.98 Å². The van der Waals surface area contributed by atoms with Gasteiger partial charge in [0.1, 0.15) is 5.65 Å². The van der Waals surface area contributed by atoms with E-state index < -0.39 is 0 Å². The van der Waals surface area contributed by atoms with Crippen molar-refractivity contribution in [3.63, 3.8) is 0 Å². The Morgan fingerprint density at radius 1 is 1.18 bits per heavy atom. The van der Waals surface area contributed by atoms with Crippen LogP contribution in [-0.4, -0.2) is 20.6 Å². The summed E-state index contributed by atoms with van der Waals surface area (Å²) in [6.45, 7) is 2.50. The van der Waals surface area contributed by atoms with Crippen molar-refractivity contribution < 1.29 is 9.90 Å². The number of aromatic nitrogens is 2. The molecule has 1 aromatic carbocycles. The van der Waals surface area contributed by atoms with Crippen LogP contribution < -0.4 is 10.6 Å². The molecule has 0 spiro atoms. The number of pyridine rings is 1. The zero-order valence-electron chi connectivity index (χ0n) is 11.9. The van der Waals surface area contributed by atoms with E-state index in [1.807, 2.05) is 31.2 Å². The third kappa shape index (κ3) is 1.56. The quantitative estimate of drug-likeness (QED) is 0.769. The molecule has 1 amide bonds. The maximum absolute atomic E-state index is 12.4. The van der Waals surface area contributed by atoms with E-state index in [4.69, 9.17) is 0 Å². The lowest BCUT2D eigenvalue weighted by Gasteiger charge is -2.02. The van der Waals surface area contributed by atoms with Gasteiger partial charge in [0.15, 0.2) is 0 Å². The molecule has 0 atom stereocenters. The molecule has 0 radical (unpaired) electrons. The molecule has 3 heterocycles. The number of aromatic hydroxyl groups is 1.